The van der Waals surface area contributed by atoms with E-state index in [0.29, 0.717) is 17.7 Å². The van der Waals surface area contributed by atoms with E-state index in [9.17, 15) is 24.6 Å². The second-order valence-electron chi connectivity index (χ2n) is 7.99. The first-order valence-electron chi connectivity index (χ1n) is 11.8. The van der Waals surface area contributed by atoms with Crippen LogP contribution in [0.1, 0.15) is 80.6 Å². The van der Waals surface area contributed by atoms with Gasteiger partial charge in [0, 0.05) is 12.0 Å². The third kappa shape index (κ3) is 12.7. The fourth-order valence-electron chi connectivity index (χ4n) is 3.14. The molecule has 2 rings (SSSR count). The molecule has 0 radical (unpaired) electrons. The van der Waals surface area contributed by atoms with Crippen LogP contribution in [0.25, 0.3) is 0 Å². The van der Waals surface area contributed by atoms with Crippen molar-refractivity contribution in [2.75, 3.05) is 6.61 Å². The van der Waals surface area contributed by atoms with Crippen molar-refractivity contribution < 1.29 is 34.4 Å². The van der Waals surface area contributed by atoms with E-state index in [0.717, 1.165) is 12.8 Å². The molecule has 2 aromatic rings. The number of phenolic OH excluding ortho intramolecular Hbond substituents is 1. The molecule has 0 aliphatic heterocycles. The Balaban J connectivity index is 0.000000347. The van der Waals surface area contributed by atoms with Gasteiger partial charge in [-0.2, -0.15) is 0 Å². The number of unbranched alkanes of at least 4 members (excludes halogenated alkanes) is 5. The normalized spacial score (nSPS) is 11.1. The molecule has 0 aliphatic carbocycles. The molecule has 2 aromatic carbocycles. The second-order valence-corrected chi connectivity index (χ2v) is 7.99. The predicted octanol–water partition coefficient (Wildman–Crippen LogP) is 5.13. The van der Waals surface area contributed by atoms with E-state index < -0.39 is 12.1 Å². The second kappa shape index (κ2) is 17.3. The maximum absolute atomic E-state index is 11.9. The van der Waals surface area contributed by atoms with Crippen molar-refractivity contribution in [3.05, 3.63) is 65.7 Å². The predicted molar refractivity (Wildman–Crippen MR) is 130 cm³/mol. The van der Waals surface area contributed by atoms with Crippen LogP contribution in [0.15, 0.2) is 54.6 Å². The van der Waals surface area contributed by atoms with E-state index in [2.05, 4.69) is 6.92 Å². The summed E-state index contributed by atoms with van der Waals surface area (Å²) in [7, 11) is 0. The number of carbonyl (C=O) groups is 3. The molecular weight excluding hydrogens is 436 g/mol. The Morgan fingerprint density at radius 3 is 2.15 bits per heavy atom. The molecular formula is C27H36O7. The fourth-order valence-corrected chi connectivity index (χ4v) is 3.14. The highest BCUT2D eigenvalue weighted by molar-refractivity contribution is 6.10. The number of para-hydroxylation sites is 1. The minimum Gasteiger partial charge on any atom is -0.507 e. The zero-order chi connectivity index (χ0) is 25.2. The first-order valence-corrected chi connectivity index (χ1v) is 11.8. The van der Waals surface area contributed by atoms with Crippen molar-refractivity contribution in [2.45, 2.75) is 70.8 Å². The fraction of sp³-hybridized carbons (Fsp3) is 0.444. The van der Waals surface area contributed by atoms with Gasteiger partial charge in [-0.05, 0) is 25.0 Å². The third-order valence-electron chi connectivity index (χ3n) is 5.04. The van der Waals surface area contributed by atoms with Crippen LogP contribution in [0.4, 0.5) is 0 Å². The van der Waals surface area contributed by atoms with Crippen LogP contribution >= 0.6 is 0 Å². The van der Waals surface area contributed by atoms with Gasteiger partial charge >= 0.3 is 11.9 Å². The van der Waals surface area contributed by atoms with E-state index in [-0.39, 0.29) is 36.8 Å². The van der Waals surface area contributed by atoms with Gasteiger partial charge in [-0.15, -0.1) is 0 Å². The Labute approximate surface area is 201 Å². The van der Waals surface area contributed by atoms with E-state index in [1.54, 1.807) is 42.5 Å². The average molecular weight is 473 g/mol. The molecule has 1 unspecified atom stereocenters. The van der Waals surface area contributed by atoms with Gasteiger partial charge in [-0.1, -0.05) is 81.5 Å². The molecule has 0 saturated heterocycles. The lowest BCUT2D eigenvalue weighted by Gasteiger charge is -2.08. The number of esters is 1. The van der Waals surface area contributed by atoms with Crippen molar-refractivity contribution in [1.29, 1.82) is 0 Å². The van der Waals surface area contributed by atoms with Gasteiger partial charge in [0.2, 0.25) is 0 Å². The van der Waals surface area contributed by atoms with Gasteiger partial charge in [0.1, 0.15) is 5.75 Å². The summed E-state index contributed by atoms with van der Waals surface area (Å²) in [5, 5.41) is 27.2. The number of aromatic hydroxyl groups is 1. The molecule has 0 aliphatic rings. The molecule has 7 heteroatoms. The summed E-state index contributed by atoms with van der Waals surface area (Å²) in [6.45, 7) is 2.58. The highest BCUT2D eigenvalue weighted by Crippen LogP contribution is 2.19. The number of aliphatic hydroxyl groups excluding tert-OH is 1. The van der Waals surface area contributed by atoms with Gasteiger partial charge in [0.05, 0.1) is 24.7 Å². The highest BCUT2D eigenvalue weighted by atomic mass is 16.5. The minimum atomic E-state index is -1.06. The Kier molecular flexibility index (Phi) is 14.7. The number of aliphatic hydroxyl groups is 1. The lowest BCUT2D eigenvalue weighted by atomic mass is 10.0. The van der Waals surface area contributed by atoms with Crippen molar-refractivity contribution in [1.82, 2.24) is 0 Å². The van der Waals surface area contributed by atoms with E-state index in [1.807, 2.05) is 6.07 Å². The third-order valence-corrected chi connectivity index (χ3v) is 5.04. The molecule has 34 heavy (non-hydrogen) atoms. The van der Waals surface area contributed by atoms with Crippen molar-refractivity contribution in [3.8, 4) is 5.75 Å². The lowest BCUT2D eigenvalue weighted by molar-refractivity contribution is -0.145. The number of benzene rings is 2. The lowest BCUT2D eigenvalue weighted by Crippen LogP contribution is -2.15. The number of carboxylic acids is 1. The van der Waals surface area contributed by atoms with E-state index in [1.165, 1.54) is 31.7 Å². The number of hydrogen-bond acceptors (Lipinski definition) is 6. The Bertz CT molecular complexity index is 864. The van der Waals surface area contributed by atoms with Crippen LogP contribution in [0, 0.1) is 0 Å². The first-order chi connectivity index (χ1) is 16.3. The number of phenols is 1. The smallest absolute Gasteiger partial charge is 0.305 e. The molecule has 0 saturated carbocycles. The van der Waals surface area contributed by atoms with Crippen LogP contribution in [0.5, 0.6) is 5.75 Å². The number of ketones is 1. The maximum Gasteiger partial charge on any atom is 0.305 e. The Morgan fingerprint density at radius 2 is 1.50 bits per heavy atom. The highest BCUT2D eigenvalue weighted by Gasteiger charge is 2.13. The molecule has 0 amide bonds. The van der Waals surface area contributed by atoms with Gasteiger partial charge < -0.3 is 20.1 Å². The standard InChI is InChI=1S/C14H26O5.C13H10O2/c1-2-3-4-5-6-7-10-19-14(18)9-8-12(15)11-13(16)17;14-12-9-5-4-8-11(12)13(15)10-6-2-1-3-7-10/h12,15H,2-11H2,1H3,(H,16,17);1-9,14H. The van der Waals surface area contributed by atoms with Gasteiger partial charge in [0.15, 0.2) is 5.78 Å². The SMILES string of the molecule is CCCCCCCCOC(=O)CCC(O)CC(=O)O.O=C(c1ccccc1)c1ccccc1O. The summed E-state index contributed by atoms with van der Waals surface area (Å²) in [4.78, 5) is 33.5. The number of aliphatic carboxylic acids is 1. The van der Waals surface area contributed by atoms with E-state index >= 15 is 0 Å². The topological polar surface area (TPSA) is 121 Å². The van der Waals surface area contributed by atoms with Crippen LogP contribution in [-0.4, -0.2) is 45.8 Å². The summed E-state index contributed by atoms with van der Waals surface area (Å²) in [5.74, 6) is -1.56. The number of ether oxygens (including phenoxy) is 1. The molecule has 0 fully saturated rings. The molecule has 1 atom stereocenters. The molecule has 0 aromatic heterocycles. The molecule has 0 bridgehead atoms. The number of carboxylic acid groups (broad SMARTS) is 1. The largest absolute Gasteiger partial charge is 0.507 e. The van der Waals surface area contributed by atoms with Crippen LogP contribution in [0.3, 0.4) is 0 Å². The monoisotopic (exact) mass is 472 g/mol. The Morgan fingerprint density at radius 1 is 0.882 bits per heavy atom. The zero-order valence-corrected chi connectivity index (χ0v) is 19.8. The summed E-state index contributed by atoms with van der Waals surface area (Å²) in [6, 6.07) is 15.5. The van der Waals surface area contributed by atoms with Gasteiger partial charge in [-0.25, -0.2) is 0 Å². The Hall–Kier alpha value is -3.19. The van der Waals surface area contributed by atoms with Crippen molar-refractivity contribution >= 4 is 17.7 Å². The molecule has 0 spiro atoms. The molecule has 186 valence electrons. The summed E-state index contributed by atoms with van der Waals surface area (Å²) >= 11 is 0. The first kappa shape index (κ1) is 28.8. The van der Waals surface area contributed by atoms with Crippen molar-refractivity contribution in [2.24, 2.45) is 0 Å². The van der Waals surface area contributed by atoms with Crippen LogP contribution in [-0.2, 0) is 14.3 Å². The quantitative estimate of drug-likeness (QED) is 0.198. The number of rotatable bonds is 14. The maximum atomic E-state index is 11.9. The van der Waals surface area contributed by atoms with E-state index in [4.69, 9.17) is 9.84 Å². The summed E-state index contributed by atoms with van der Waals surface area (Å²) < 4.78 is 5.01. The number of carbonyl (C=O) groups excluding carboxylic acids is 2. The summed E-state index contributed by atoms with van der Waals surface area (Å²) in [5.41, 5.74) is 0.919. The van der Waals surface area contributed by atoms with Gasteiger partial charge in [-0.3, -0.25) is 14.4 Å². The zero-order valence-electron chi connectivity index (χ0n) is 19.8. The van der Waals surface area contributed by atoms with Crippen LogP contribution in [0.2, 0.25) is 0 Å². The number of hydrogen-bond donors (Lipinski definition) is 3. The molecule has 7 nitrogen and oxygen atoms in total. The average Bonchev–Trinajstić information content (AvgIpc) is 2.82. The molecule has 0 heterocycles. The summed E-state index contributed by atoms with van der Waals surface area (Å²) in [6.07, 6.45) is 5.71. The molecule has 3 N–H and O–H groups in total. The van der Waals surface area contributed by atoms with Crippen LogP contribution < -0.4 is 0 Å². The van der Waals surface area contributed by atoms with Crippen molar-refractivity contribution in [3.63, 3.8) is 0 Å². The van der Waals surface area contributed by atoms with Gasteiger partial charge in [0.25, 0.3) is 0 Å². The minimum absolute atomic E-state index is 0.0198.